The lowest BCUT2D eigenvalue weighted by Crippen LogP contribution is -2.40. The van der Waals surface area contributed by atoms with Crippen LogP contribution < -0.4 is 10.2 Å². The number of esters is 1. The fourth-order valence-corrected chi connectivity index (χ4v) is 7.80. The number of carbonyl (C=O) groups excluding carboxylic acids is 1. The summed E-state index contributed by atoms with van der Waals surface area (Å²) >= 11 is 17.6. The number of hydrogen-bond acceptors (Lipinski definition) is 9. The summed E-state index contributed by atoms with van der Waals surface area (Å²) in [4.78, 5) is 39.9. The molecule has 0 saturated carbocycles. The molecule has 0 radical (unpaired) electrons. The number of aliphatic carboxylic acids is 1. The third kappa shape index (κ3) is 10.7. The highest BCUT2D eigenvalue weighted by Gasteiger charge is 2.29. The van der Waals surface area contributed by atoms with Crippen LogP contribution in [0.15, 0.2) is 61.2 Å². The molecule has 8 rings (SSSR count). The third-order valence-corrected chi connectivity index (χ3v) is 10.7. The molecule has 2 aromatic carbocycles. The molecule has 2 aliphatic heterocycles. The molecule has 58 heavy (non-hydrogen) atoms. The van der Waals surface area contributed by atoms with Crippen molar-refractivity contribution in [2.24, 2.45) is 0 Å². The Bertz CT molecular complexity index is 2350. The number of nitrogens with one attached hydrogen (secondary N) is 1. The molecule has 12 nitrogen and oxygen atoms in total. The molecule has 0 saturated heterocycles. The van der Waals surface area contributed by atoms with Gasteiger partial charge in [-0.15, -0.1) is 0 Å². The lowest BCUT2D eigenvalue weighted by Gasteiger charge is -2.33. The molecule has 6 aromatic rings. The number of ether oxygens (including phenoxy) is 1. The molecule has 0 amide bonds. The molecule has 4 aromatic heterocycles. The predicted octanol–water partition coefficient (Wildman–Crippen LogP) is 7.34. The minimum atomic E-state index is -0.848. The van der Waals surface area contributed by atoms with Gasteiger partial charge in [-0.3, -0.25) is 9.59 Å². The molecule has 2 atom stereocenters. The number of carbonyl (C=O) groups is 2. The van der Waals surface area contributed by atoms with E-state index >= 15 is 0 Å². The van der Waals surface area contributed by atoms with Crippen LogP contribution in [0.1, 0.15) is 35.4 Å². The Kier molecular flexibility index (Phi) is 16.6. The minimum absolute atomic E-state index is 0. The van der Waals surface area contributed by atoms with Crippen LogP contribution in [0.3, 0.4) is 0 Å². The lowest BCUT2D eigenvalue weighted by atomic mass is 9.99. The van der Waals surface area contributed by atoms with Gasteiger partial charge in [-0.1, -0.05) is 35.3 Å². The maximum Gasteiger partial charge on any atom is 0.310 e. The monoisotopic (exact) mass is 894 g/mol. The number of hydrogen-bond donors (Lipinski definition) is 2. The van der Waals surface area contributed by atoms with Crippen molar-refractivity contribution in [1.82, 2.24) is 34.4 Å². The largest absolute Gasteiger partial charge is 0.481 e. The van der Waals surface area contributed by atoms with Crippen molar-refractivity contribution >= 4 is 101 Å². The second kappa shape index (κ2) is 20.7. The summed E-state index contributed by atoms with van der Waals surface area (Å²) in [6, 6.07) is 12.0. The van der Waals surface area contributed by atoms with Gasteiger partial charge in [0.1, 0.15) is 0 Å². The summed E-state index contributed by atoms with van der Waals surface area (Å²) in [5.41, 5.74) is 6.27. The molecule has 0 spiro atoms. The highest BCUT2D eigenvalue weighted by molar-refractivity contribution is 7.59. The van der Waals surface area contributed by atoms with E-state index in [1.54, 1.807) is 6.07 Å². The van der Waals surface area contributed by atoms with E-state index in [0.29, 0.717) is 30.0 Å². The van der Waals surface area contributed by atoms with Gasteiger partial charge in [-0.05, 0) is 79.7 Å². The minimum Gasteiger partial charge on any atom is -0.481 e. The van der Waals surface area contributed by atoms with Crippen LogP contribution in [-0.4, -0.2) is 79.4 Å². The Morgan fingerprint density at radius 3 is 1.83 bits per heavy atom. The van der Waals surface area contributed by atoms with Crippen LogP contribution in [0.25, 0.3) is 21.8 Å². The zero-order valence-electron chi connectivity index (χ0n) is 31.8. The van der Waals surface area contributed by atoms with Gasteiger partial charge in [0, 0.05) is 64.4 Å². The van der Waals surface area contributed by atoms with Gasteiger partial charge in [-0.2, -0.15) is 27.0 Å². The van der Waals surface area contributed by atoms with E-state index in [-0.39, 0.29) is 50.7 Å². The number of carboxylic acids is 1. The topological polar surface area (TPSA) is 140 Å². The summed E-state index contributed by atoms with van der Waals surface area (Å²) in [6.45, 7) is 1.56. The standard InChI is InChI=1S/C19H18ClFN4O2.C16H19ClN2O2.C4H2ClFN2.2H2S/c1-24(19-22-8-12(21)9-23-19)13-3-5-16-15(7-18(26)27)14-4-2-11(20)6-17(14)25(16)10-13;1-18-11-4-6-14-13(8-16(20)21-2)12-5-3-10(17)7-15(12)19(14)9-11;5-4-7-1-3(6)2-8-4;;/h2,4,6,8-9,13H,3,5,7,10H2,1H3,(H,26,27);3,5,7,11,18H,4,6,8-9H2,1-2H3;1-2H;2*1H2/t13-;11-;;;/m00.../s1. The summed E-state index contributed by atoms with van der Waals surface area (Å²) in [7, 11) is 5.31. The second-order valence-electron chi connectivity index (χ2n) is 13.4. The van der Waals surface area contributed by atoms with Gasteiger partial charge in [0.25, 0.3) is 0 Å². The van der Waals surface area contributed by atoms with Gasteiger partial charge in [-0.25, -0.2) is 28.7 Å². The average Bonchev–Trinajstić information content (AvgIpc) is 3.65. The van der Waals surface area contributed by atoms with Crippen LogP contribution >= 0.6 is 61.8 Å². The number of carboxylic acid groups (broad SMARTS) is 1. The normalized spacial score (nSPS) is 15.3. The van der Waals surface area contributed by atoms with E-state index in [2.05, 4.69) is 34.4 Å². The van der Waals surface area contributed by atoms with E-state index in [1.165, 1.54) is 12.8 Å². The summed E-state index contributed by atoms with van der Waals surface area (Å²) in [6.07, 6.45) is 8.25. The average molecular weight is 896 g/mol. The molecule has 0 aliphatic carbocycles. The number of fused-ring (bicyclic) bond motifs is 6. The highest BCUT2D eigenvalue weighted by Crippen LogP contribution is 2.35. The van der Waals surface area contributed by atoms with Crippen molar-refractivity contribution in [2.45, 2.75) is 63.7 Å². The number of likely N-dealkylation sites (N-methyl/N-ethyl adjacent to an activating group) is 2. The summed E-state index contributed by atoms with van der Waals surface area (Å²) in [5.74, 6) is -1.53. The fraction of sp³-hybridized carbons (Fsp3) is 0.333. The molecule has 0 unspecified atom stereocenters. The van der Waals surface area contributed by atoms with Crippen molar-refractivity contribution < 1.29 is 28.2 Å². The number of halogens is 5. The van der Waals surface area contributed by atoms with Crippen molar-refractivity contribution in [3.63, 3.8) is 0 Å². The smallest absolute Gasteiger partial charge is 0.310 e. The first-order valence-corrected chi connectivity index (χ1v) is 18.9. The van der Waals surface area contributed by atoms with Crippen molar-refractivity contribution in [3.05, 3.63) is 111 Å². The second-order valence-corrected chi connectivity index (χ2v) is 14.6. The number of aromatic nitrogens is 6. The van der Waals surface area contributed by atoms with E-state index in [9.17, 15) is 23.5 Å². The van der Waals surface area contributed by atoms with Crippen molar-refractivity contribution in [2.75, 3.05) is 26.1 Å². The maximum atomic E-state index is 13.1. The van der Waals surface area contributed by atoms with Gasteiger partial charge in [0.15, 0.2) is 11.6 Å². The van der Waals surface area contributed by atoms with Crippen molar-refractivity contribution in [1.29, 1.82) is 0 Å². The van der Waals surface area contributed by atoms with Crippen LogP contribution in [0, 0.1) is 11.6 Å². The quantitative estimate of drug-likeness (QED) is 0.124. The Hall–Kier alpha value is -4.19. The number of anilines is 1. The molecular formula is C39H43Cl3F2N8O4S2. The molecular weight excluding hydrogens is 853 g/mol. The summed E-state index contributed by atoms with van der Waals surface area (Å²) in [5, 5.41) is 16.1. The number of benzene rings is 2. The lowest BCUT2D eigenvalue weighted by molar-refractivity contribution is -0.140. The van der Waals surface area contributed by atoms with Crippen LogP contribution in [0.4, 0.5) is 14.7 Å². The third-order valence-electron chi connectivity index (χ3n) is 10.1. The predicted molar refractivity (Wildman–Crippen MR) is 232 cm³/mol. The number of nitrogens with zero attached hydrogens (tertiary/aromatic N) is 7. The van der Waals surface area contributed by atoms with E-state index in [4.69, 9.17) is 39.5 Å². The molecule has 0 bridgehead atoms. The molecule has 310 valence electrons. The molecule has 2 aliphatic rings. The zero-order valence-corrected chi connectivity index (χ0v) is 36.0. The van der Waals surface area contributed by atoms with E-state index in [1.807, 2.05) is 49.3 Å². The van der Waals surface area contributed by atoms with Gasteiger partial charge < -0.3 is 29.2 Å². The SMILES string of the molecule is CN(c1ncc(F)cn1)[C@H]1CCc2c(CC(=O)O)c3ccc(Cl)cc3n2C1.CN[C@H]1CCc2c(CC(=O)OC)c3ccc(Cl)cc3n2C1.Fc1cnc(Cl)nc1.S.S. The Labute approximate surface area is 362 Å². The highest BCUT2D eigenvalue weighted by atomic mass is 35.5. The molecule has 19 heteroatoms. The van der Waals surface area contributed by atoms with Crippen LogP contribution in [0.5, 0.6) is 0 Å². The molecule has 6 heterocycles. The van der Waals surface area contributed by atoms with Gasteiger partial charge in [0.05, 0.1) is 55.8 Å². The van der Waals surface area contributed by atoms with Gasteiger partial charge >= 0.3 is 11.9 Å². The van der Waals surface area contributed by atoms with Crippen molar-refractivity contribution in [3.8, 4) is 0 Å². The maximum absolute atomic E-state index is 13.1. The Morgan fingerprint density at radius 2 is 1.33 bits per heavy atom. The first-order valence-electron chi connectivity index (χ1n) is 17.7. The van der Waals surface area contributed by atoms with Crippen LogP contribution in [0.2, 0.25) is 15.3 Å². The Morgan fingerprint density at radius 1 is 0.828 bits per heavy atom. The first kappa shape index (κ1) is 46.5. The van der Waals surface area contributed by atoms with E-state index in [0.717, 1.165) is 101 Å². The van der Waals surface area contributed by atoms with E-state index < -0.39 is 17.6 Å². The van der Waals surface area contributed by atoms with Gasteiger partial charge in [0.2, 0.25) is 11.2 Å². The molecule has 2 N–H and O–H groups in total. The number of rotatable bonds is 7. The van der Waals surface area contributed by atoms with Crippen LogP contribution in [-0.2, 0) is 53.1 Å². The Balaban J connectivity index is 0.000000213. The first-order chi connectivity index (χ1) is 26.9. The number of methoxy groups -OCH3 is 1. The molecule has 0 fully saturated rings. The zero-order chi connectivity index (χ0) is 40.1. The summed E-state index contributed by atoms with van der Waals surface area (Å²) < 4.78 is 34.3. The fourth-order valence-electron chi connectivity index (χ4n) is 7.37.